The van der Waals surface area contributed by atoms with Crippen molar-refractivity contribution >= 4 is 28.0 Å². The minimum atomic E-state index is 0.701. The van der Waals surface area contributed by atoms with Gasteiger partial charge >= 0.3 is 0 Å². The molecule has 3 aromatic heterocycles. The molecule has 0 atom stereocenters. The molecule has 0 aliphatic carbocycles. The zero-order chi connectivity index (χ0) is 24.2. The third-order valence-corrected chi connectivity index (χ3v) is 6.50. The van der Waals surface area contributed by atoms with Gasteiger partial charge in [-0.25, -0.2) is 0 Å². The predicted octanol–water partition coefficient (Wildman–Crippen LogP) is 5.28. The SMILES string of the molecule is C=C(NC)c1ccc(NC(=C)c2n[nH]c3ccc(-c4cncc(CN5CCCCC5)c4)cc23)cn1. The van der Waals surface area contributed by atoms with Crippen LogP contribution in [0, 0.1) is 0 Å². The summed E-state index contributed by atoms with van der Waals surface area (Å²) in [7, 11) is 1.83. The van der Waals surface area contributed by atoms with E-state index in [1.807, 2.05) is 31.6 Å². The van der Waals surface area contributed by atoms with Gasteiger partial charge in [-0.15, -0.1) is 0 Å². The van der Waals surface area contributed by atoms with Gasteiger partial charge in [-0.1, -0.05) is 25.6 Å². The fourth-order valence-corrected chi connectivity index (χ4v) is 4.54. The molecule has 0 unspecified atom stereocenters. The molecule has 3 N–H and O–H groups in total. The van der Waals surface area contributed by atoms with Crippen molar-refractivity contribution in [3.05, 3.63) is 85.1 Å². The minimum Gasteiger partial charge on any atom is -0.387 e. The molecule has 178 valence electrons. The highest BCUT2D eigenvalue weighted by Gasteiger charge is 2.13. The average molecular weight is 466 g/mol. The van der Waals surface area contributed by atoms with Gasteiger partial charge in [0.25, 0.3) is 0 Å². The maximum absolute atomic E-state index is 4.54. The Bertz CT molecular complexity index is 1350. The molecule has 0 saturated carbocycles. The molecule has 35 heavy (non-hydrogen) atoms. The molecule has 1 aromatic carbocycles. The van der Waals surface area contributed by atoms with Crippen molar-refractivity contribution in [2.24, 2.45) is 0 Å². The fourth-order valence-electron chi connectivity index (χ4n) is 4.54. The summed E-state index contributed by atoms with van der Waals surface area (Å²) in [6.45, 7) is 11.5. The lowest BCUT2D eigenvalue weighted by Gasteiger charge is -2.26. The summed E-state index contributed by atoms with van der Waals surface area (Å²) < 4.78 is 0. The zero-order valence-corrected chi connectivity index (χ0v) is 20.1. The van der Waals surface area contributed by atoms with E-state index in [-0.39, 0.29) is 0 Å². The van der Waals surface area contributed by atoms with E-state index in [4.69, 9.17) is 0 Å². The molecule has 1 fully saturated rings. The first-order chi connectivity index (χ1) is 17.1. The second-order valence-corrected chi connectivity index (χ2v) is 9.02. The van der Waals surface area contributed by atoms with Crippen LogP contribution in [0.1, 0.15) is 36.2 Å². The first kappa shape index (κ1) is 22.8. The number of nitrogens with one attached hydrogen (secondary N) is 3. The van der Waals surface area contributed by atoms with Crippen LogP contribution in [0.25, 0.3) is 33.4 Å². The van der Waals surface area contributed by atoms with Gasteiger partial charge in [-0.3, -0.25) is 20.0 Å². The molecular weight excluding hydrogens is 434 g/mol. The molecule has 1 saturated heterocycles. The Balaban J connectivity index is 1.36. The quantitative estimate of drug-likeness (QED) is 0.329. The molecule has 5 rings (SSSR count). The van der Waals surface area contributed by atoms with E-state index in [2.05, 4.69) is 73.1 Å². The molecule has 4 heterocycles. The van der Waals surface area contributed by atoms with Gasteiger partial charge in [0.1, 0.15) is 5.69 Å². The van der Waals surface area contributed by atoms with Gasteiger partial charge in [0.15, 0.2) is 0 Å². The van der Waals surface area contributed by atoms with E-state index in [0.29, 0.717) is 5.70 Å². The number of H-pyrrole nitrogens is 1. The molecule has 4 aromatic rings. The van der Waals surface area contributed by atoms with Crippen LogP contribution in [-0.4, -0.2) is 45.2 Å². The monoisotopic (exact) mass is 465 g/mol. The highest BCUT2D eigenvalue weighted by Crippen LogP contribution is 2.29. The number of piperidine rings is 1. The molecule has 0 amide bonds. The summed E-state index contributed by atoms with van der Waals surface area (Å²) in [5, 5.41) is 15.0. The van der Waals surface area contributed by atoms with Crippen molar-refractivity contribution in [1.82, 2.24) is 30.4 Å². The van der Waals surface area contributed by atoms with E-state index in [1.54, 1.807) is 6.20 Å². The highest BCUT2D eigenvalue weighted by molar-refractivity contribution is 5.95. The fraction of sp³-hybridized carbons (Fsp3) is 0.250. The van der Waals surface area contributed by atoms with Crippen molar-refractivity contribution in [3.63, 3.8) is 0 Å². The van der Waals surface area contributed by atoms with Gasteiger partial charge in [0.2, 0.25) is 0 Å². The standard InChI is InChI=1S/C28H31N7/c1-19(29-3)26-10-8-24(17-31-26)32-20(2)28-25-14-22(7-9-27(25)33-34-28)23-13-21(15-30-16-23)18-35-11-5-4-6-12-35/h7-10,13-17,29,32H,1-2,4-6,11-12,18H2,3H3,(H,33,34). The zero-order valence-electron chi connectivity index (χ0n) is 20.1. The van der Waals surface area contributed by atoms with Crippen molar-refractivity contribution in [2.75, 3.05) is 25.5 Å². The van der Waals surface area contributed by atoms with Crippen LogP contribution in [0.4, 0.5) is 5.69 Å². The molecule has 0 radical (unpaired) electrons. The van der Waals surface area contributed by atoms with Crippen LogP contribution in [0.15, 0.2) is 68.1 Å². The Morgan fingerprint density at radius 1 is 0.971 bits per heavy atom. The van der Waals surface area contributed by atoms with Crippen LogP contribution in [0.3, 0.4) is 0 Å². The third kappa shape index (κ3) is 5.10. The number of benzene rings is 1. The topological polar surface area (TPSA) is 81.8 Å². The molecule has 0 spiro atoms. The van der Waals surface area contributed by atoms with Crippen molar-refractivity contribution in [1.29, 1.82) is 0 Å². The Morgan fingerprint density at radius 2 is 1.83 bits per heavy atom. The molecule has 0 bridgehead atoms. The lowest BCUT2D eigenvalue weighted by atomic mass is 10.0. The maximum Gasteiger partial charge on any atom is 0.116 e. The third-order valence-electron chi connectivity index (χ3n) is 6.50. The predicted molar refractivity (Wildman–Crippen MR) is 143 cm³/mol. The van der Waals surface area contributed by atoms with Crippen LogP contribution >= 0.6 is 0 Å². The Kier molecular flexibility index (Phi) is 6.59. The Hall–Kier alpha value is -3.97. The summed E-state index contributed by atoms with van der Waals surface area (Å²) in [6, 6.07) is 12.4. The number of rotatable bonds is 8. The smallest absolute Gasteiger partial charge is 0.116 e. The van der Waals surface area contributed by atoms with Crippen molar-refractivity contribution < 1.29 is 0 Å². The average Bonchev–Trinajstić information content (AvgIpc) is 3.33. The number of hydrogen-bond acceptors (Lipinski definition) is 6. The number of likely N-dealkylation sites (tertiary alicyclic amines) is 1. The van der Waals surface area contributed by atoms with Gasteiger partial charge < -0.3 is 10.6 Å². The number of pyridine rings is 2. The van der Waals surface area contributed by atoms with E-state index in [9.17, 15) is 0 Å². The van der Waals surface area contributed by atoms with E-state index in [0.717, 1.165) is 51.3 Å². The van der Waals surface area contributed by atoms with E-state index < -0.39 is 0 Å². The Morgan fingerprint density at radius 3 is 2.60 bits per heavy atom. The molecule has 7 nitrogen and oxygen atoms in total. The van der Waals surface area contributed by atoms with Crippen LogP contribution < -0.4 is 10.6 Å². The number of fused-ring (bicyclic) bond motifs is 1. The molecule has 1 aliphatic heterocycles. The highest BCUT2D eigenvalue weighted by atomic mass is 15.1. The van der Waals surface area contributed by atoms with Crippen LogP contribution in [0.2, 0.25) is 0 Å². The number of aromatic nitrogens is 4. The normalized spacial score (nSPS) is 14.1. The number of aromatic amines is 1. The number of anilines is 1. The van der Waals surface area contributed by atoms with E-state index in [1.165, 1.54) is 37.9 Å². The number of hydrogen-bond donors (Lipinski definition) is 3. The van der Waals surface area contributed by atoms with Gasteiger partial charge in [-0.2, -0.15) is 5.10 Å². The molecular formula is C28H31N7. The lowest BCUT2D eigenvalue weighted by Crippen LogP contribution is -2.29. The summed E-state index contributed by atoms with van der Waals surface area (Å²) in [4.78, 5) is 11.5. The summed E-state index contributed by atoms with van der Waals surface area (Å²) in [6.07, 6.45) is 9.60. The maximum atomic E-state index is 4.54. The molecule has 7 heteroatoms. The number of nitrogens with zero attached hydrogens (tertiary/aromatic N) is 4. The van der Waals surface area contributed by atoms with E-state index >= 15 is 0 Å². The first-order valence-corrected chi connectivity index (χ1v) is 12.0. The summed E-state index contributed by atoms with van der Waals surface area (Å²) in [5.41, 5.74) is 8.32. The van der Waals surface area contributed by atoms with Crippen LogP contribution in [0.5, 0.6) is 0 Å². The van der Waals surface area contributed by atoms with Gasteiger partial charge in [0.05, 0.1) is 34.5 Å². The second-order valence-electron chi connectivity index (χ2n) is 9.02. The lowest BCUT2D eigenvalue weighted by molar-refractivity contribution is 0.220. The van der Waals surface area contributed by atoms with Crippen molar-refractivity contribution in [3.8, 4) is 11.1 Å². The molecule has 1 aliphatic rings. The minimum absolute atomic E-state index is 0.701. The second kappa shape index (κ2) is 10.1. The Labute approximate surface area is 206 Å². The van der Waals surface area contributed by atoms with Crippen LogP contribution in [-0.2, 0) is 6.54 Å². The summed E-state index contributed by atoms with van der Waals surface area (Å²) >= 11 is 0. The van der Waals surface area contributed by atoms with Gasteiger partial charge in [0, 0.05) is 36.9 Å². The van der Waals surface area contributed by atoms with Crippen molar-refractivity contribution in [2.45, 2.75) is 25.8 Å². The summed E-state index contributed by atoms with van der Waals surface area (Å²) in [5.74, 6) is 0. The van der Waals surface area contributed by atoms with Gasteiger partial charge in [-0.05, 0) is 67.4 Å². The largest absolute Gasteiger partial charge is 0.387 e. The first-order valence-electron chi connectivity index (χ1n) is 12.0.